The molecule has 2 heterocycles. The number of hydrogen-bond acceptors (Lipinski definition) is 5. The highest BCUT2D eigenvalue weighted by molar-refractivity contribution is 7.18. The van der Waals surface area contributed by atoms with Crippen molar-refractivity contribution >= 4 is 39.1 Å². The second kappa shape index (κ2) is 7.94. The van der Waals surface area contributed by atoms with Crippen molar-refractivity contribution in [3.63, 3.8) is 0 Å². The van der Waals surface area contributed by atoms with Gasteiger partial charge in [-0.05, 0) is 37.3 Å². The molecule has 0 saturated heterocycles. The van der Waals surface area contributed by atoms with E-state index in [0.29, 0.717) is 16.3 Å². The Kier molecular flexibility index (Phi) is 5.33. The van der Waals surface area contributed by atoms with E-state index in [4.69, 9.17) is 5.73 Å². The lowest BCUT2D eigenvalue weighted by atomic mass is 9.97. The minimum absolute atomic E-state index is 0.0454. The monoisotopic (exact) mass is 432 g/mol. The van der Waals surface area contributed by atoms with Crippen LogP contribution >= 0.6 is 11.3 Å². The van der Waals surface area contributed by atoms with Crippen molar-refractivity contribution in [2.24, 2.45) is 5.73 Å². The first-order valence-corrected chi connectivity index (χ1v) is 10.2. The number of thiophene rings is 1. The van der Waals surface area contributed by atoms with E-state index in [9.17, 15) is 23.2 Å². The predicted octanol–water partition coefficient (Wildman–Crippen LogP) is 2.74. The summed E-state index contributed by atoms with van der Waals surface area (Å²) in [6.07, 6.45) is 5.21. The number of rotatable bonds is 5. The van der Waals surface area contributed by atoms with E-state index in [-0.39, 0.29) is 24.2 Å². The molecule has 2 aromatic heterocycles. The molecule has 3 aromatic rings. The van der Waals surface area contributed by atoms with Crippen LogP contribution in [0, 0.1) is 11.6 Å². The van der Waals surface area contributed by atoms with Crippen LogP contribution in [0.15, 0.2) is 23.3 Å². The quantitative estimate of drug-likeness (QED) is 0.646. The number of hydrogen-bond donors (Lipinski definition) is 2. The Morgan fingerprint density at radius 1 is 1.20 bits per heavy atom. The third kappa shape index (κ3) is 3.70. The van der Waals surface area contributed by atoms with Gasteiger partial charge in [-0.3, -0.25) is 19.0 Å². The van der Waals surface area contributed by atoms with Gasteiger partial charge in [0.25, 0.3) is 11.5 Å². The predicted molar refractivity (Wildman–Crippen MR) is 109 cm³/mol. The zero-order valence-corrected chi connectivity index (χ0v) is 16.7. The van der Waals surface area contributed by atoms with Crippen molar-refractivity contribution < 1.29 is 18.4 Å². The van der Waals surface area contributed by atoms with Crippen LogP contribution < -0.4 is 16.6 Å². The summed E-state index contributed by atoms with van der Waals surface area (Å²) in [5.74, 6) is -3.82. The number of halogens is 2. The SMILES string of the molecule is NC(=O)c1cc(NC(=O)CCn2cnc3sc4c(c3c2=O)CCCC4)c(F)cc1F. The molecule has 0 fully saturated rings. The second-order valence-corrected chi connectivity index (χ2v) is 8.19. The first kappa shape index (κ1) is 20.1. The molecule has 1 aliphatic rings. The summed E-state index contributed by atoms with van der Waals surface area (Å²) in [6, 6.07) is 1.33. The standard InChI is InChI=1S/C20H18F2N4O3S/c21-12-8-13(22)14(7-11(12)18(23)28)25-16(27)5-6-26-9-24-19-17(20(26)29)10-3-1-2-4-15(10)30-19/h7-9H,1-6H2,(H2,23,28)(H,25,27). The Bertz CT molecular complexity index is 1230. The van der Waals surface area contributed by atoms with Gasteiger partial charge >= 0.3 is 0 Å². The van der Waals surface area contributed by atoms with Crippen LogP contribution in [0.2, 0.25) is 0 Å². The zero-order chi connectivity index (χ0) is 21.4. The summed E-state index contributed by atoms with van der Waals surface area (Å²) in [5.41, 5.74) is 5.02. The molecule has 1 aromatic carbocycles. The van der Waals surface area contributed by atoms with Crippen molar-refractivity contribution in [3.8, 4) is 0 Å². The number of aryl methyl sites for hydroxylation is 3. The highest BCUT2D eigenvalue weighted by Gasteiger charge is 2.20. The maximum absolute atomic E-state index is 13.9. The van der Waals surface area contributed by atoms with E-state index in [1.807, 2.05) is 0 Å². The number of amides is 2. The first-order valence-electron chi connectivity index (χ1n) is 9.43. The number of primary amides is 1. The van der Waals surface area contributed by atoms with Gasteiger partial charge in [0, 0.05) is 23.9 Å². The van der Waals surface area contributed by atoms with Crippen LogP contribution in [-0.2, 0) is 24.2 Å². The third-order valence-electron chi connectivity index (χ3n) is 5.12. The van der Waals surface area contributed by atoms with E-state index in [1.165, 1.54) is 15.8 Å². The van der Waals surface area contributed by atoms with Gasteiger partial charge in [0.15, 0.2) is 0 Å². The zero-order valence-electron chi connectivity index (χ0n) is 15.8. The minimum Gasteiger partial charge on any atom is -0.366 e. The van der Waals surface area contributed by atoms with Gasteiger partial charge in [0.2, 0.25) is 5.91 Å². The Hall–Kier alpha value is -3.14. The van der Waals surface area contributed by atoms with Crippen molar-refractivity contribution in [1.82, 2.24) is 9.55 Å². The summed E-state index contributed by atoms with van der Waals surface area (Å²) in [4.78, 5) is 42.6. The summed E-state index contributed by atoms with van der Waals surface area (Å²) < 4.78 is 28.8. The molecule has 1 aliphatic carbocycles. The average Bonchev–Trinajstić information content (AvgIpc) is 3.08. The van der Waals surface area contributed by atoms with Gasteiger partial charge < -0.3 is 11.1 Å². The largest absolute Gasteiger partial charge is 0.366 e. The van der Waals surface area contributed by atoms with Crippen LogP contribution in [0.25, 0.3) is 10.2 Å². The summed E-state index contributed by atoms with van der Waals surface area (Å²) in [7, 11) is 0. The number of nitrogens with two attached hydrogens (primary N) is 1. The Labute approximate surface area is 173 Å². The van der Waals surface area contributed by atoms with Crippen LogP contribution in [0.3, 0.4) is 0 Å². The molecule has 10 heteroatoms. The summed E-state index contributed by atoms with van der Waals surface area (Å²) >= 11 is 1.54. The molecule has 0 unspecified atom stereocenters. The normalized spacial score (nSPS) is 13.3. The molecule has 2 amide bonds. The number of benzene rings is 1. The minimum atomic E-state index is -1.11. The number of carbonyl (C=O) groups is 2. The van der Waals surface area contributed by atoms with E-state index >= 15 is 0 Å². The number of carbonyl (C=O) groups excluding carboxylic acids is 2. The molecule has 0 bridgehead atoms. The first-order chi connectivity index (χ1) is 14.3. The fourth-order valence-electron chi connectivity index (χ4n) is 3.61. The molecule has 30 heavy (non-hydrogen) atoms. The highest BCUT2D eigenvalue weighted by atomic mass is 32.1. The number of anilines is 1. The van der Waals surface area contributed by atoms with Gasteiger partial charge in [-0.15, -0.1) is 11.3 Å². The molecular formula is C20H18F2N4O3S. The van der Waals surface area contributed by atoms with E-state index in [0.717, 1.165) is 37.3 Å². The Morgan fingerprint density at radius 2 is 1.97 bits per heavy atom. The van der Waals surface area contributed by atoms with Crippen molar-refractivity contribution in [3.05, 3.63) is 56.5 Å². The van der Waals surface area contributed by atoms with Crippen molar-refractivity contribution in [2.45, 2.75) is 38.6 Å². The van der Waals surface area contributed by atoms with Gasteiger partial charge in [-0.1, -0.05) is 0 Å². The van der Waals surface area contributed by atoms with Gasteiger partial charge in [-0.25, -0.2) is 13.8 Å². The molecule has 3 N–H and O–H groups in total. The lowest BCUT2D eigenvalue weighted by Gasteiger charge is -2.11. The topological polar surface area (TPSA) is 107 Å². The Morgan fingerprint density at radius 3 is 2.73 bits per heavy atom. The summed E-state index contributed by atoms with van der Waals surface area (Å²) in [5, 5.41) is 2.90. The smallest absolute Gasteiger partial charge is 0.262 e. The van der Waals surface area contributed by atoms with Crippen LogP contribution in [0.5, 0.6) is 0 Å². The maximum atomic E-state index is 13.9. The van der Waals surface area contributed by atoms with Crippen LogP contribution in [0.4, 0.5) is 14.5 Å². The Balaban J connectivity index is 1.51. The molecule has 0 saturated carbocycles. The van der Waals surface area contributed by atoms with Gasteiger partial charge in [-0.2, -0.15) is 0 Å². The van der Waals surface area contributed by atoms with E-state index in [1.54, 1.807) is 11.3 Å². The van der Waals surface area contributed by atoms with Gasteiger partial charge in [0.05, 0.1) is 23.0 Å². The summed E-state index contributed by atoms with van der Waals surface area (Å²) in [6.45, 7) is 0.0454. The second-order valence-electron chi connectivity index (χ2n) is 7.11. The molecule has 156 valence electrons. The molecule has 4 rings (SSSR count). The molecule has 0 radical (unpaired) electrons. The fraction of sp³-hybridized carbons (Fsp3) is 0.300. The third-order valence-corrected chi connectivity index (χ3v) is 6.32. The molecule has 0 aliphatic heterocycles. The molecule has 0 spiro atoms. The van der Waals surface area contributed by atoms with Crippen LogP contribution in [-0.4, -0.2) is 21.4 Å². The number of aromatic nitrogens is 2. The lowest BCUT2D eigenvalue weighted by molar-refractivity contribution is -0.116. The van der Waals surface area contributed by atoms with Crippen LogP contribution in [0.1, 0.15) is 40.1 Å². The van der Waals surface area contributed by atoms with Gasteiger partial charge in [0.1, 0.15) is 16.5 Å². The molecular weight excluding hydrogens is 414 g/mol. The number of nitrogens with zero attached hydrogens (tertiary/aromatic N) is 2. The highest BCUT2D eigenvalue weighted by Crippen LogP contribution is 2.33. The van der Waals surface area contributed by atoms with E-state index in [2.05, 4.69) is 10.3 Å². The average molecular weight is 432 g/mol. The molecule has 7 nitrogen and oxygen atoms in total. The number of fused-ring (bicyclic) bond motifs is 3. The van der Waals surface area contributed by atoms with Crippen molar-refractivity contribution in [1.29, 1.82) is 0 Å². The fourth-order valence-corrected chi connectivity index (χ4v) is 4.83. The van der Waals surface area contributed by atoms with Crippen molar-refractivity contribution in [2.75, 3.05) is 5.32 Å². The lowest BCUT2D eigenvalue weighted by Crippen LogP contribution is -2.24. The maximum Gasteiger partial charge on any atom is 0.262 e. The van der Waals surface area contributed by atoms with E-state index < -0.39 is 29.0 Å². The number of nitrogens with one attached hydrogen (secondary N) is 1. The molecule has 0 atom stereocenters.